The maximum absolute atomic E-state index is 13.4. The number of nitrogens with zero attached hydrogens (tertiary/aromatic N) is 1. The van der Waals surface area contributed by atoms with E-state index < -0.39 is 6.04 Å². The number of ether oxygens (including phenoxy) is 2. The Kier molecular flexibility index (Phi) is 9.63. The molecule has 0 spiro atoms. The first kappa shape index (κ1) is 25.9. The highest BCUT2D eigenvalue weighted by molar-refractivity contribution is 6.31. The van der Waals surface area contributed by atoms with Crippen LogP contribution in [-0.4, -0.2) is 42.5 Å². The predicted molar refractivity (Wildman–Crippen MR) is 134 cm³/mol. The summed E-state index contributed by atoms with van der Waals surface area (Å²) in [6.07, 6.45) is 5.96. The smallest absolute Gasteiger partial charge is 0.261 e. The lowest BCUT2D eigenvalue weighted by molar-refractivity contribution is -0.143. The summed E-state index contributed by atoms with van der Waals surface area (Å²) in [5.41, 5.74) is 1.76. The molecule has 1 N–H and O–H groups in total. The summed E-state index contributed by atoms with van der Waals surface area (Å²) in [5.74, 6) is 0.919. The number of aryl methyl sites for hydroxylation is 1. The van der Waals surface area contributed by atoms with Gasteiger partial charge < -0.3 is 19.7 Å². The van der Waals surface area contributed by atoms with Crippen LogP contribution in [0.2, 0.25) is 5.02 Å². The Labute approximate surface area is 207 Å². The van der Waals surface area contributed by atoms with Crippen LogP contribution in [0.5, 0.6) is 11.5 Å². The van der Waals surface area contributed by atoms with E-state index in [1.54, 1.807) is 30.2 Å². The van der Waals surface area contributed by atoms with Crippen molar-refractivity contribution in [3.63, 3.8) is 0 Å². The van der Waals surface area contributed by atoms with Gasteiger partial charge in [-0.15, -0.1) is 0 Å². The predicted octanol–water partition coefficient (Wildman–Crippen LogP) is 5.29. The van der Waals surface area contributed by atoms with Gasteiger partial charge in [0, 0.05) is 17.6 Å². The van der Waals surface area contributed by atoms with E-state index in [4.69, 9.17) is 21.1 Å². The van der Waals surface area contributed by atoms with Crippen molar-refractivity contribution in [2.24, 2.45) is 0 Å². The summed E-state index contributed by atoms with van der Waals surface area (Å²) >= 11 is 6.10. The minimum atomic E-state index is -0.587. The molecule has 1 aliphatic rings. The van der Waals surface area contributed by atoms with Gasteiger partial charge in [0.2, 0.25) is 5.91 Å². The Balaban J connectivity index is 1.77. The van der Waals surface area contributed by atoms with Gasteiger partial charge >= 0.3 is 0 Å². The largest absolute Gasteiger partial charge is 0.497 e. The van der Waals surface area contributed by atoms with Crippen LogP contribution in [0.3, 0.4) is 0 Å². The lowest BCUT2D eigenvalue weighted by Crippen LogP contribution is -2.52. The first-order chi connectivity index (χ1) is 16.4. The van der Waals surface area contributed by atoms with E-state index in [0.717, 1.165) is 36.8 Å². The van der Waals surface area contributed by atoms with Crippen molar-refractivity contribution >= 4 is 23.4 Å². The second kappa shape index (κ2) is 12.7. The maximum atomic E-state index is 13.4. The van der Waals surface area contributed by atoms with Gasteiger partial charge in [0.1, 0.15) is 17.5 Å². The van der Waals surface area contributed by atoms with Gasteiger partial charge in [0.15, 0.2) is 6.61 Å². The van der Waals surface area contributed by atoms with E-state index in [0.29, 0.717) is 22.9 Å². The minimum absolute atomic E-state index is 0.104. The van der Waals surface area contributed by atoms with Crippen molar-refractivity contribution in [1.29, 1.82) is 0 Å². The molecule has 0 radical (unpaired) electrons. The van der Waals surface area contributed by atoms with Gasteiger partial charge in [-0.05, 0) is 67.6 Å². The van der Waals surface area contributed by atoms with E-state index in [9.17, 15) is 9.59 Å². The van der Waals surface area contributed by atoms with Gasteiger partial charge in [-0.3, -0.25) is 9.59 Å². The number of methoxy groups -OCH3 is 1. The Morgan fingerprint density at radius 1 is 1.12 bits per heavy atom. The molecule has 1 aliphatic carbocycles. The van der Waals surface area contributed by atoms with E-state index in [1.807, 2.05) is 38.1 Å². The van der Waals surface area contributed by atoms with Gasteiger partial charge in [-0.1, -0.05) is 49.9 Å². The van der Waals surface area contributed by atoms with Gasteiger partial charge in [0.25, 0.3) is 5.91 Å². The van der Waals surface area contributed by atoms with Gasteiger partial charge in [-0.25, -0.2) is 0 Å². The van der Waals surface area contributed by atoms with Crippen molar-refractivity contribution in [1.82, 2.24) is 10.2 Å². The summed E-state index contributed by atoms with van der Waals surface area (Å²) in [6, 6.07) is 12.4. The molecular weight excluding hydrogens is 452 g/mol. The molecule has 1 saturated carbocycles. The number of hydrogen-bond donors (Lipinski definition) is 1. The zero-order chi connectivity index (χ0) is 24.5. The van der Waals surface area contributed by atoms with Crippen LogP contribution < -0.4 is 14.8 Å². The summed E-state index contributed by atoms with van der Waals surface area (Å²) in [6.45, 7) is 3.93. The van der Waals surface area contributed by atoms with Crippen molar-refractivity contribution in [3.05, 3.63) is 58.6 Å². The Morgan fingerprint density at radius 2 is 1.88 bits per heavy atom. The maximum Gasteiger partial charge on any atom is 0.261 e. The SMILES string of the molecule is CCC(C(=O)NC1CCCCC1)N(Cc1cccc(OC)c1)C(=O)COc1ccc(Cl)c(C)c1. The fourth-order valence-corrected chi connectivity index (χ4v) is 4.48. The molecule has 0 bridgehead atoms. The van der Waals surface area contributed by atoms with Crippen LogP contribution in [0.1, 0.15) is 56.6 Å². The lowest BCUT2D eigenvalue weighted by atomic mass is 9.95. The van der Waals surface area contributed by atoms with Crippen LogP contribution in [-0.2, 0) is 16.1 Å². The molecule has 0 aromatic heterocycles. The molecule has 0 aliphatic heterocycles. The summed E-state index contributed by atoms with van der Waals surface area (Å²) < 4.78 is 11.1. The summed E-state index contributed by atoms with van der Waals surface area (Å²) in [7, 11) is 1.61. The highest BCUT2D eigenvalue weighted by Gasteiger charge is 2.30. The molecule has 1 fully saturated rings. The molecule has 1 unspecified atom stereocenters. The molecule has 3 rings (SSSR count). The minimum Gasteiger partial charge on any atom is -0.497 e. The number of carbonyl (C=O) groups excluding carboxylic acids is 2. The zero-order valence-electron chi connectivity index (χ0n) is 20.3. The van der Waals surface area contributed by atoms with Crippen molar-refractivity contribution in [2.75, 3.05) is 13.7 Å². The van der Waals surface area contributed by atoms with E-state index in [1.165, 1.54) is 6.42 Å². The van der Waals surface area contributed by atoms with E-state index >= 15 is 0 Å². The molecule has 1 atom stereocenters. The van der Waals surface area contributed by atoms with Gasteiger partial charge in [0.05, 0.1) is 7.11 Å². The average molecular weight is 487 g/mol. The lowest BCUT2D eigenvalue weighted by Gasteiger charge is -2.32. The molecule has 2 amide bonds. The van der Waals surface area contributed by atoms with Crippen LogP contribution in [0, 0.1) is 6.92 Å². The number of amides is 2. The molecule has 0 heterocycles. The monoisotopic (exact) mass is 486 g/mol. The fourth-order valence-electron chi connectivity index (χ4n) is 4.37. The number of benzene rings is 2. The quantitative estimate of drug-likeness (QED) is 0.495. The molecule has 2 aromatic carbocycles. The Hall–Kier alpha value is -2.73. The summed E-state index contributed by atoms with van der Waals surface area (Å²) in [4.78, 5) is 28.3. The summed E-state index contributed by atoms with van der Waals surface area (Å²) in [5, 5.41) is 3.83. The third kappa shape index (κ3) is 7.13. The van der Waals surface area contributed by atoms with Crippen LogP contribution >= 0.6 is 11.6 Å². The van der Waals surface area contributed by atoms with Crippen molar-refractivity contribution < 1.29 is 19.1 Å². The topological polar surface area (TPSA) is 67.9 Å². The number of hydrogen-bond acceptors (Lipinski definition) is 4. The molecule has 34 heavy (non-hydrogen) atoms. The number of rotatable bonds is 10. The van der Waals surface area contributed by atoms with Gasteiger partial charge in [-0.2, -0.15) is 0 Å². The van der Waals surface area contributed by atoms with Crippen LogP contribution in [0.25, 0.3) is 0 Å². The first-order valence-corrected chi connectivity index (χ1v) is 12.4. The zero-order valence-corrected chi connectivity index (χ0v) is 21.1. The van der Waals surface area contributed by atoms with Crippen LogP contribution in [0.15, 0.2) is 42.5 Å². The first-order valence-electron chi connectivity index (χ1n) is 12.0. The van der Waals surface area contributed by atoms with Crippen molar-refractivity contribution in [3.8, 4) is 11.5 Å². The molecule has 6 nitrogen and oxygen atoms in total. The second-order valence-electron chi connectivity index (χ2n) is 8.84. The molecule has 184 valence electrons. The van der Waals surface area contributed by atoms with Crippen molar-refractivity contribution in [2.45, 2.75) is 71.0 Å². The molecule has 7 heteroatoms. The highest BCUT2D eigenvalue weighted by atomic mass is 35.5. The average Bonchev–Trinajstić information content (AvgIpc) is 2.85. The normalized spacial score (nSPS) is 14.8. The standard InChI is InChI=1S/C27H35ClN2O4/c1-4-25(27(32)29-21-10-6-5-7-11-21)30(17-20-9-8-12-22(16-20)33-3)26(31)18-34-23-13-14-24(28)19(2)15-23/h8-9,12-16,21,25H,4-7,10-11,17-18H2,1-3H3,(H,29,32). The third-order valence-corrected chi connectivity index (χ3v) is 6.74. The van der Waals surface area contributed by atoms with E-state index in [-0.39, 0.29) is 31.0 Å². The third-order valence-electron chi connectivity index (χ3n) is 6.32. The number of nitrogens with one attached hydrogen (secondary N) is 1. The number of halogens is 1. The molecule has 0 saturated heterocycles. The van der Waals surface area contributed by atoms with Crippen LogP contribution in [0.4, 0.5) is 0 Å². The Bertz CT molecular complexity index is 975. The molecule has 2 aromatic rings. The second-order valence-corrected chi connectivity index (χ2v) is 9.25. The Morgan fingerprint density at radius 3 is 2.56 bits per heavy atom. The number of carbonyl (C=O) groups is 2. The fraction of sp³-hybridized carbons (Fsp3) is 0.481. The van der Waals surface area contributed by atoms with E-state index in [2.05, 4.69) is 5.32 Å². The molecular formula is C27H35ClN2O4. The highest BCUT2D eigenvalue weighted by Crippen LogP contribution is 2.23.